The number of hydrogen-bond donors (Lipinski definition) is 2. The number of hydrogen-bond acceptors (Lipinski definition) is 4. The Balaban J connectivity index is 1.63. The molecule has 5 nitrogen and oxygen atoms in total. The number of morpholine rings is 1. The van der Waals surface area contributed by atoms with Gasteiger partial charge in [0.2, 0.25) is 5.91 Å². The molecule has 0 aromatic rings. The molecule has 0 aromatic carbocycles. The normalized spacial score (nSPS) is 27.9. The van der Waals surface area contributed by atoms with Crippen molar-refractivity contribution in [3.8, 4) is 0 Å². The van der Waals surface area contributed by atoms with Gasteiger partial charge in [-0.2, -0.15) is 0 Å². The van der Waals surface area contributed by atoms with E-state index < -0.39 is 0 Å². The van der Waals surface area contributed by atoms with E-state index in [9.17, 15) is 4.79 Å². The molecule has 2 unspecified atom stereocenters. The summed E-state index contributed by atoms with van der Waals surface area (Å²) in [6.07, 6.45) is 3.05. The van der Waals surface area contributed by atoms with E-state index in [1.165, 1.54) is 6.42 Å². The molecule has 2 atom stereocenters. The number of amides is 1. The fourth-order valence-corrected chi connectivity index (χ4v) is 3.04. The summed E-state index contributed by atoms with van der Waals surface area (Å²) in [5, 5.41) is 6.38. The van der Waals surface area contributed by atoms with Crippen LogP contribution in [0.1, 0.15) is 33.1 Å². The second kappa shape index (κ2) is 7.96. The number of ether oxygens (including phenoxy) is 1. The molecule has 2 aliphatic heterocycles. The molecular formula is C15H29N3O2. The first-order valence-electron chi connectivity index (χ1n) is 7.97. The molecule has 20 heavy (non-hydrogen) atoms. The summed E-state index contributed by atoms with van der Waals surface area (Å²) in [6, 6.07) is 0.375. The van der Waals surface area contributed by atoms with E-state index >= 15 is 0 Å². The van der Waals surface area contributed by atoms with Crippen LogP contribution in [0.4, 0.5) is 0 Å². The lowest BCUT2D eigenvalue weighted by Crippen LogP contribution is -2.48. The Kier molecular flexibility index (Phi) is 6.26. The van der Waals surface area contributed by atoms with Gasteiger partial charge >= 0.3 is 0 Å². The van der Waals surface area contributed by atoms with Crippen LogP contribution in [0.5, 0.6) is 0 Å². The van der Waals surface area contributed by atoms with Gasteiger partial charge < -0.3 is 15.4 Å². The maximum atomic E-state index is 11.9. The Morgan fingerprint density at radius 3 is 3.05 bits per heavy atom. The molecule has 2 saturated heterocycles. The van der Waals surface area contributed by atoms with Crippen LogP contribution in [0, 0.1) is 5.92 Å². The van der Waals surface area contributed by atoms with E-state index in [0.29, 0.717) is 24.9 Å². The minimum Gasteiger partial charge on any atom is -0.374 e. The standard InChI is InChI=1S/C15H29N3O2/c1-12(2)10-18-6-7-20-14(11-18)9-17-15(19)8-13-4-3-5-16-13/h12-14,16H,3-11H2,1-2H3,(H,17,19). The second-order valence-corrected chi connectivity index (χ2v) is 6.45. The smallest absolute Gasteiger partial charge is 0.221 e. The zero-order valence-electron chi connectivity index (χ0n) is 12.9. The minimum atomic E-state index is 0.142. The minimum absolute atomic E-state index is 0.142. The number of carbonyl (C=O) groups is 1. The highest BCUT2D eigenvalue weighted by Crippen LogP contribution is 2.09. The molecule has 0 aliphatic carbocycles. The fourth-order valence-electron chi connectivity index (χ4n) is 3.04. The predicted molar refractivity (Wildman–Crippen MR) is 79.7 cm³/mol. The Bertz CT molecular complexity index is 303. The molecule has 0 aromatic heterocycles. The summed E-state index contributed by atoms with van der Waals surface area (Å²) in [7, 11) is 0. The third kappa shape index (κ3) is 5.38. The van der Waals surface area contributed by atoms with Gasteiger partial charge in [0.1, 0.15) is 0 Å². The zero-order valence-corrected chi connectivity index (χ0v) is 12.9. The summed E-state index contributed by atoms with van der Waals surface area (Å²) in [5.41, 5.74) is 0. The average molecular weight is 283 g/mol. The van der Waals surface area contributed by atoms with Gasteiger partial charge in [0, 0.05) is 38.6 Å². The Morgan fingerprint density at radius 1 is 1.50 bits per heavy atom. The summed E-state index contributed by atoms with van der Waals surface area (Å²) < 4.78 is 5.74. The predicted octanol–water partition coefficient (Wildman–Crippen LogP) is 0.602. The highest BCUT2D eigenvalue weighted by atomic mass is 16.5. The highest BCUT2D eigenvalue weighted by molar-refractivity contribution is 5.76. The van der Waals surface area contributed by atoms with Crippen molar-refractivity contribution in [1.29, 1.82) is 0 Å². The van der Waals surface area contributed by atoms with Crippen LogP contribution in [-0.4, -0.2) is 62.3 Å². The van der Waals surface area contributed by atoms with Gasteiger partial charge in [-0.25, -0.2) is 0 Å². The Labute approximate surface area is 122 Å². The second-order valence-electron chi connectivity index (χ2n) is 6.45. The SMILES string of the molecule is CC(C)CN1CCOC(CNC(=O)CC2CCCN2)C1. The molecule has 2 fully saturated rings. The first-order chi connectivity index (χ1) is 9.63. The summed E-state index contributed by atoms with van der Waals surface area (Å²) in [5.74, 6) is 0.825. The van der Waals surface area contributed by atoms with Gasteiger partial charge in [0.15, 0.2) is 0 Å². The lowest BCUT2D eigenvalue weighted by atomic mass is 10.1. The zero-order chi connectivity index (χ0) is 14.4. The van der Waals surface area contributed by atoms with Gasteiger partial charge in [0.25, 0.3) is 0 Å². The van der Waals surface area contributed by atoms with Crippen LogP contribution in [-0.2, 0) is 9.53 Å². The van der Waals surface area contributed by atoms with Gasteiger partial charge in [0.05, 0.1) is 12.7 Å². The largest absolute Gasteiger partial charge is 0.374 e. The van der Waals surface area contributed by atoms with E-state index in [1.807, 2.05) is 0 Å². The number of rotatable bonds is 6. The summed E-state index contributed by atoms with van der Waals surface area (Å²) in [4.78, 5) is 14.3. The molecule has 2 heterocycles. The van der Waals surface area contributed by atoms with Crippen molar-refractivity contribution in [1.82, 2.24) is 15.5 Å². The number of nitrogens with one attached hydrogen (secondary N) is 2. The molecule has 2 aliphatic rings. The monoisotopic (exact) mass is 283 g/mol. The van der Waals surface area contributed by atoms with Crippen molar-refractivity contribution in [2.24, 2.45) is 5.92 Å². The van der Waals surface area contributed by atoms with E-state index in [1.54, 1.807) is 0 Å². The van der Waals surface area contributed by atoms with Crippen LogP contribution in [0.3, 0.4) is 0 Å². The number of nitrogens with zero attached hydrogens (tertiary/aromatic N) is 1. The molecule has 0 spiro atoms. The van der Waals surface area contributed by atoms with Crippen molar-refractivity contribution in [3.05, 3.63) is 0 Å². The van der Waals surface area contributed by atoms with Crippen molar-refractivity contribution < 1.29 is 9.53 Å². The molecule has 0 saturated carbocycles. The number of carbonyl (C=O) groups excluding carboxylic acids is 1. The first-order valence-corrected chi connectivity index (χ1v) is 7.97. The lowest BCUT2D eigenvalue weighted by Gasteiger charge is -2.34. The van der Waals surface area contributed by atoms with Crippen LogP contribution >= 0.6 is 0 Å². The molecule has 2 rings (SSSR count). The summed E-state index contributed by atoms with van der Waals surface area (Å²) in [6.45, 7) is 9.99. The van der Waals surface area contributed by atoms with Crippen molar-refractivity contribution in [3.63, 3.8) is 0 Å². The van der Waals surface area contributed by atoms with Gasteiger partial charge in [-0.05, 0) is 25.3 Å². The molecule has 5 heteroatoms. The van der Waals surface area contributed by atoms with Gasteiger partial charge in [-0.15, -0.1) is 0 Å². The van der Waals surface area contributed by atoms with Crippen LogP contribution in [0.15, 0.2) is 0 Å². The summed E-state index contributed by atoms with van der Waals surface area (Å²) >= 11 is 0. The van der Waals surface area contributed by atoms with Crippen molar-refractivity contribution in [2.75, 3.05) is 39.3 Å². The quantitative estimate of drug-likeness (QED) is 0.749. The Hall–Kier alpha value is -0.650. The average Bonchev–Trinajstić information content (AvgIpc) is 2.89. The van der Waals surface area contributed by atoms with E-state index in [2.05, 4.69) is 29.4 Å². The van der Waals surface area contributed by atoms with Gasteiger partial charge in [-0.3, -0.25) is 9.69 Å². The molecular weight excluding hydrogens is 254 g/mol. The first kappa shape index (κ1) is 15.7. The molecule has 2 N–H and O–H groups in total. The van der Waals surface area contributed by atoms with E-state index in [4.69, 9.17) is 4.74 Å². The van der Waals surface area contributed by atoms with Crippen LogP contribution in [0.2, 0.25) is 0 Å². The third-order valence-corrected chi connectivity index (χ3v) is 3.97. The molecule has 0 radical (unpaired) electrons. The lowest BCUT2D eigenvalue weighted by molar-refractivity contribution is -0.122. The van der Waals surface area contributed by atoms with E-state index in [0.717, 1.165) is 39.2 Å². The maximum Gasteiger partial charge on any atom is 0.221 e. The Morgan fingerprint density at radius 2 is 2.35 bits per heavy atom. The fraction of sp³-hybridized carbons (Fsp3) is 0.933. The van der Waals surface area contributed by atoms with E-state index in [-0.39, 0.29) is 12.0 Å². The van der Waals surface area contributed by atoms with Gasteiger partial charge in [-0.1, -0.05) is 13.8 Å². The third-order valence-electron chi connectivity index (χ3n) is 3.97. The van der Waals surface area contributed by atoms with Crippen molar-refractivity contribution >= 4 is 5.91 Å². The molecule has 0 bridgehead atoms. The van der Waals surface area contributed by atoms with Crippen LogP contribution in [0.25, 0.3) is 0 Å². The van der Waals surface area contributed by atoms with Crippen molar-refractivity contribution in [2.45, 2.75) is 45.3 Å². The highest BCUT2D eigenvalue weighted by Gasteiger charge is 2.22. The maximum absolute atomic E-state index is 11.9. The molecule has 1 amide bonds. The van der Waals surface area contributed by atoms with Crippen LogP contribution < -0.4 is 10.6 Å². The molecule has 116 valence electrons. The topological polar surface area (TPSA) is 53.6 Å².